The third kappa shape index (κ3) is 2.87. The summed E-state index contributed by atoms with van der Waals surface area (Å²) in [7, 11) is 0. The normalized spacial score (nSPS) is 27.1. The Morgan fingerprint density at radius 1 is 1.21 bits per heavy atom. The Balaban J connectivity index is 1.50. The van der Waals surface area contributed by atoms with E-state index in [1.807, 2.05) is 23.0 Å². The molecule has 3 aromatic rings. The van der Waals surface area contributed by atoms with E-state index < -0.39 is 0 Å². The molecule has 6 rings (SSSR count). The minimum absolute atomic E-state index is 0.279. The van der Waals surface area contributed by atoms with Gasteiger partial charge in [-0.25, -0.2) is 4.98 Å². The second-order valence-electron chi connectivity index (χ2n) is 8.21. The van der Waals surface area contributed by atoms with Crippen molar-refractivity contribution in [1.29, 1.82) is 0 Å². The van der Waals surface area contributed by atoms with Crippen LogP contribution in [0.25, 0.3) is 16.9 Å². The van der Waals surface area contributed by atoms with Gasteiger partial charge < -0.3 is 19.3 Å². The summed E-state index contributed by atoms with van der Waals surface area (Å²) in [4.78, 5) is 9.80. The summed E-state index contributed by atoms with van der Waals surface area (Å²) in [6.07, 6.45) is 6.60. The van der Waals surface area contributed by atoms with Crippen LogP contribution in [0.15, 0.2) is 24.5 Å². The number of rotatable bonds is 3. The number of nitrogens with zero attached hydrogens (tertiary/aromatic N) is 6. The molecule has 0 aromatic carbocycles. The van der Waals surface area contributed by atoms with Crippen LogP contribution in [0.3, 0.4) is 0 Å². The highest BCUT2D eigenvalue weighted by Gasteiger charge is 2.35. The predicted octanol–water partition coefficient (Wildman–Crippen LogP) is 1.71. The van der Waals surface area contributed by atoms with Gasteiger partial charge in [0.2, 0.25) is 0 Å². The monoisotopic (exact) mass is 395 g/mol. The first-order valence-corrected chi connectivity index (χ1v) is 10.4. The fourth-order valence-electron chi connectivity index (χ4n) is 4.76. The molecule has 0 saturated carbocycles. The molecule has 0 spiro atoms. The lowest BCUT2D eigenvalue weighted by molar-refractivity contribution is 0.0302. The van der Waals surface area contributed by atoms with E-state index >= 15 is 0 Å². The van der Waals surface area contributed by atoms with E-state index in [9.17, 15) is 0 Å². The molecule has 3 aliphatic heterocycles. The topological polar surface area (TPSA) is 83.8 Å². The molecule has 9 nitrogen and oxygen atoms in total. The first kappa shape index (κ1) is 17.2. The molecule has 3 unspecified atom stereocenters. The summed E-state index contributed by atoms with van der Waals surface area (Å²) < 4.78 is 13.7. The maximum atomic E-state index is 6.04. The molecular weight excluding hydrogens is 370 g/mol. The van der Waals surface area contributed by atoms with Crippen molar-refractivity contribution in [2.24, 2.45) is 0 Å². The van der Waals surface area contributed by atoms with Crippen LogP contribution in [0.4, 0.5) is 11.6 Å². The van der Waals surface area contributed by atoms with Crippen LogP contribution in [0, 0.1) is 0 Å². The van der Waals surface area contributed by atoms with Crippen molar-refractivity contribution in [2.45, 2.75) is 38.0 Å². The van der Waals surface area contributed by atoms with Crippen LogP contribution in [0.5, 0.6) is 0 Å². The number of aromatic nitrogens is 5. The minimum Gasteiger partial charge on any atom is -0.377 e. The van der Waals surface area contributed by atoms with Crippen LogP contribution in [0.1, 0.15) is 19.8 Å². The largest absolute Gasteiger partial charge is 0.377 e. The summed E-state index contributed by atoms with van der Waals surface area (Å²) in [6, 6.07) is 4.42. The molecule has 152 valence electrons. The fourth-order valence-corrected chi connectivity index (χ4v) is 4.76. The number of nitrogens with one attached hydrogen (secondary N) is 1. The Hall–Kier alpha value is -2.65. The Labute approximate surface area is 168 Å². The van der Waals surface area contributed by atoms with Gasteiger partial charge in [0.05, 0.1) is 48.9 Å². The number of fused-ring (bicyclic) bond motifs is 3. The Morgan fingerprint density at radius 2 is 2.07 bits per heavy atom. The maximum Gasteiger partial charge on any atom is 0.169 e. The lowest BCUT2D eigenvalue weighted by atomic mass is 10.2. The van der Waals surface area contributed by atoms with Crippen molar-refractivity contribution in [3.8, 4) is 11.3 Å². The minimum atomic E-state index is 0.279. The van der Waals surface area contributed by atoms with Crippen LogP contribution >= 0.6 is 0 Å². The smallest absolute Gasteiger partial charge is 0.169 e. The molecule has 2 bridgehead atoms. The highest BCUT2D eigenvalue weighted by Crippen LogP contribution is 2.33. The van der Waals surface area contributed by atoms with Crippen molar-refractivity contribution in [3.05, 3.63) is 24.5 Å². The molecule has 3 aromatic heterocycles. The number of hydrogen-bond acceptors (Lipinski definition) is 7. The van der Waals surface area contributed by atoms with E-state index in [1.54, 1.807) is 0 Å². The van der Waals surface area contributed by atoms with Gasteiger partial charge >= 0.3 is 0 Å². The fraction of sp³-hybridized carbons (Fsp3) is 0.550. The Bertz CT molecular complexity index is 1010. The van der Waals surface area contributed by atoms with E-state index in [-0.39, 0.29) is 6.04 Å². The van der Waals surface area contributed by atoms with Crippen LogP contribution in [0.2, 0.25) is 0 Å². The number of aromatic amines is 1. The third-order valence-corrected chi connectivity index (χ3v) is 6.25. The molecule has 3 saturated heterocycles. The summed E-state index contributed by atoms with van der Waals surface area (Å²) >= 11 is 0. The van der Waals surface area contributed by atoms with E-state index in [0.717, 1.165) is 67.6 Å². The van der Waals surface area contributed by atoms with Gasteiger partial charge in [0, 0.05) is 31.9 Å². The van der Waals surface area contributed by atoms with Gasteiger partial charge in [0.1, 0.15) is 11.6 Å². The summed E-state index contributed by atoms with van der Waals surface area (Å²) in [5.74, 6) is 2.05. The number of ether oxygens (including phenoxy) is 2. The maximum absolute atomic E-state index is 6.04. The Morgan fingerprint density at radius 3 is 2.83 bits per heavy atom. The molecule has 3 aliphatic rings. The van der Waals surface area contributed by atoms with Gasteiger partial charge in [0.15, 0.2) is 5.65 Å². The molecule has 0 aliphatic carbocycles. The molecule has 3 fully saturated rings. The van der Waals surface area contributed by atoms with Gasteiger partial charge in [-0.05, 0) is 25.8 Å². The van der Waals surface area contributed by atoms with E-state index in [0.29, 0.717) is 18.8 Å². The summed E-state index contributed by atoms with van der Waals surface area (Å²) in [5, 5.41) is 11.9. The molecule has 0 amide bonds. The molecule has 9 heteroatoms. The quantitative estimate of drug-likeness (QED) is 0.723. The predicted molar refractivity (Wildman–Crippen MR) is 108 cm³/mol. The SMILES string of the molecule is CC1COCCN1c1cc(N2CC3CCC(C2)O3)nc2c(-c3cc[nH]n3)cnn12. The zero-order chi connectivity index (χ0) is 19.4. The summed E-state index contributed by atoms with van der Waals surface area (Å²) in [6.45, 7) is 6.25. The van der Waals surface area contributed by atoms with E-state index in [1.165, 1.54) is 0 Å². The van der Waals surface area contributed by atoms with Crippen molar-refractivity contribution in [1.82, 2.24) is 24.8 Å². The van der Waals surface area contributed by atoms with Crippen molar-refractivity contribution in [2.75, 3.05) is 42.6 Å². The van der Waals surface area contributed by atoms with Gasteiger partial charge in [0.25, 0.3) is 0 Å². The van der Waals surface area contributed by atoms with Crippen LogP contribution in [-0.4, -0.2) is 75.9 Å². The highest BCUT2D eigenvalue weighted by atomic mass is 16.5. The molecule has 3 atom stereocenters. The number of anilines is 2. The second-order valence-corrected chi connectivity index (χ2v) is 8.21. The molecule has 1 N–H and O–H groups in total. The van der Waals surface area contributed by atoms with Crippen molar-refractivity contribution in [3.63, 3.8) is 0 Å². The van der Waals surface area contributed by atoms with Crippen molar-refractivity contribution >= 4 is 17.3 Å². The lowest BCUT2D eigenvalue weighted by Gasteiger charge is -2.37. The first-order chi connectivity index (χ1) is 14.3. The lowest BCUT2D eigenvalue weighted by Crippen LogP contribution is -2.45. The standard InChI is InChI=1S/C20H25N7O2/c1-13-12-28-7-6-26(13)19-8-18(25-10-14-2-3-15(11-25)29-14)23-20-16(9-22-27(19)20)17-4-5-21-24-17/h4-5,8-9,13-15H,2-3,6-7,10-12H2,1H3,(H,21,24). The first-order valence-electron chi connectivity index (χ1n) is 10.4. The van der Waals surface area contributed by atoms with E-state index in [2.05, 4.69) is 38.1 Å². The summed E-state index contributed by atoms with van der Waals surface area (Å²) in [5.41, 5.74) is 2.63. The molecule has 29 heavy (non-hydrogen) atoms. The zero-order valence-electron chi connectivity index (χ0n) is 16.5. The van der Waals surface area contributed by atoms with E-state index in [4.69, 9.17) is 14.5 Å². The second kappa shape index (κ2) is 6.70. The number of hydrogen-bond donors (Lipinski definition) is 1. The van der Waals surface area contributed by atoms with Crippen molar-refractivity contribution < 1.29 is 9.47 Å². The molecule has 6 heterocycles. The average Bonchev–Trinajstić information content (AvgIpc) is 3.47. The Kier molecular flexibility index (Phi) is 3.98. The van der Waals surface area contributed by atoms with Crippen LogP contribution in [-0.2, 0) is 9.47 Å². The zero-order valence-corrected chi connectivity index (χ0v) is 16.5. The van der Waals surface area contributed by atoms with Gasteiger partial charge in [-0.15, -0.1) is 0 Å². The molecular formula is C20H25N7O2. The van der Waals surface area contributed by atoms with Crippen LogP contribution < -0.4 is 9.80 Å². The molecule has 0 radical (unpaired) electrons. The average molecular weight is 395 g/mol. The van der Waals surface area contributed by atoms with Gasteiger partial charge in [-0.1, -0.05) is 0 Å². The number of H-pyrrole nitrogens is 1. The highest BCUT2D eigenvalue weighted by molar-refractivity contribution is 5.77. The third-order valence-electron chi connectivity index (χ3n) is 6.25. The van der Waals surface area contributed by atoms with Gasteiger partial charge in [-0.2, -0.15) is 14.7 Å². The van der Waals surface area contributed by atoms with Gasteiger partial charge in [-0.3, -0.25) is 5.10 Å². The number of morpholine rings is 2.